The van der Waals surface area contributed by atoms with Crippen LogP contribution in [0.1, 0.15) is 37.5 Å². The maximum atomic E-state index is 6.01. The minimum atomic E-state index is 0.484. The lowest BCUT2D eigenvalue weighted by molar-refractivity contribution is 0.271. The topological polar surface area (TPSA) is 68.8 Å². The Balaban J connectivity index is 1.77. The van der Waals surface area contributed by atoms with E-state index in [4.69, 9.17) is 10.7 Å². The molecule has 0 bridgehead atoms. The van der Waals surface area contributed by atoms with E-state index in [1.807, 2.05) is 13.2 Å². The molecule has 0 unspecified atom stereocenters. The summed E-state index contributed by atoms with van der Waals surface area (Å²) >= 11 is 1.75. The molecule has 0 aromatic carbocycles. The van der Waals surface area contributed by atoms with Gasteiger partial charge in [0.05, 0.1) is 28.5 Å². The maximum Gasteiger partial charge on any atom is 0.124 e. The lowest BCUT2D eigenvalue weighted by atomic mass is 9.85. The van der Waals surface area contributed by atoms with E-state index in [1.54, 1.807) is 11.3 Å². The molecular weight excluding hydrogens is 306 g/mol. The summed E-state index contributed by atoms with van der Waals surface area (Å²) in [6.07, 6.45) is 6.86. The molecule has 3 aromatic rings. The summed E-state index contributed by atoms with van der Waals surface area (Å²) in [6.45, 7) is 1.61. The smallest absolute Gasteiger partial charge is 0.124 e. The van der Waals surface area contributed by atoms with Gasteiger partial charge in [-0.3, -0.25) is 4.98 Å². The highest BCUT2D eigenvalue weighted by Gasteiger charge is 2.26. The molecule has 1 aliphatic carbocycles. The molecule has 1 aliphatic rings. The Hall–Kier alpha value is -1.50. The van der Waals surface area contributed by atoms with Crippen molar-refractivity contribution in [3.05, 3.63) is 23.5 Å². The van der Waals surface area contributed by atoms with E-state index < -0.39 is 0 Å². The van der Waals surface area contributed by atoms with Crippen LogP contribution in [0.25, 0.3) is 21.3 Å². The first-order chi connectivity index (χ1) is 11.3. The Morgan fingerprint density at radius 1 is 1.30 bits per heavy atom. The number of hydrogen-bond donors (Lipinski definition) is 2. The van der Waals surface area contributed by atoms with Gasteiger partial charge < -0.3 is 15.6 Å². The minimum Gasteiger partial charge on any atom is -0.324 e. The van der Waals surface area contributed by atoms with Crippen LogP contribution in [-0.4, -0.2) is 28.1 Å². The zero-order chi connectivity index (χ0) is 15.8. The van der Waals surface area contributed by atoms with Crippen LogP contribution < -0.4 is 11.1 Å². The predicted molar refractivity (Wildman–Crippen MR) is 95.7 cm³/mol. The van der Waals surface area contributed by atoms with Crippen molar-refractivity contribution < 1.29 is 0 Å². The Morgan fingerprint density at radius 2 is 2.13 bits per heavy atom. The van der Waals surface area contributed by atoms with Gasteiger partial charge in [-0.25, -0.2) is 4.98 Å². The van der Waals surface area contributed by atoms with Crippen molar-refractivity contribution in [2.45, 2.75) is 38.3 Å². The fourth-order valence-electron chi connectivity index (χ4n) is 3.96. The minimum absolute atomic E-state index is 0.484. The molecule has 0 saturated heterocycles. The number of fused-ring (bicyclic) bond motifs is 3. The highest BCUT2D eigenvalue weighted by Crippen LogP contribution is 2.37. The summed E-state index contributed by atoms with van der Waals surface area (Å²) in [5.74, 6) is 1.80. The van der Waals surface area contributed by atoms with Gasteiger partial charge in [0, 0.05) is 6.04 Å². The Morgan fingerprint density at radius 3 is 2.87 bits per heavy atom. The summed E-state index contributed by atoms with van der Waals surface area (Å²) in [6, 6.07) is 2.60. The molecule has 0 amide bonds. The number of rotatable bonds is 4. The van der Waals surface area contributed by atoms with E-state index in [-0.39, 0.29) is 0 Å². The van der Waals surface area contributed by atoms with Crippen molar-refractivity contribution in [2.75, 3.05) is 13.6 Å². The predicted octanol–water partition coefficient (Wildman–Crippen LogP) is 3.06. The van der Waals surface area contributed by atoms with E-state index in [9.17, 15) is 0 Å². The number of aromatic nitrogens is 3. The van der Waals surface area contributed by atoms with Crippen LogP contribution in [0.15, 0.2) is 17.6 Å². The lowest BCUT2D eigenvalue weighted by Crippen LogP contribution is -2.26. The summed E-state index contributed by atoms with van der Waals surface area (Å²) < 4.78 is 3.66. The largest absolute Gasteiger partial charge is 0.324 e. The van der Waals surface area contributed by atoms with E-state index in [2.05, 4.69) is 26.3 Å². The summed E-state index contributed by atoms with van der Waals surface area (Å²) in [5.41, 5.74) is 9.29. The van der Waals surface area contributed by atoms with Gasteiger partial charge in [-0.05, 0) is 56.6 Å². The van der Waals surface area contributed by atoms with Gasteiger partial charge in [0.2, 0.25) is 0 Å². The molecule has 6 heteroatoms. The zero-order valence-electron chi connectivity index (χ0n) is 13.5. The quantitative estimate of drug-likeness (QED) is 0.772. The Kier molecular flexibility index (Phi) is 4.05. The number of imidazole rings is 1. The molecule has 0 spiro atoms. The molecule has 1 saturated carbocycles. The van der Waals surface area contributed by atoms with Gasteiger partial charge in [-0.15, -0.1) is 11.3 Å². The van der Waals surface area contributed by atoms with Crippen LogP contribution in [0.5, 0.6) is 0 Å². The summed E-state index contributed by atoms with van der Waals surface area (Å²) in [5, 5.41) is 5.43. The number of hydrogen-bond acceptors (Lipinski definition) is 5. The zero-order valence-corrected chi connectivity index (χ0v) is 14.3. The first-order valence-corrected chi connectivity index (χ1v) is 9.27. The van der Waals surface area contributed by atoms with Gasteiger partial charge in [0.25, 0.3) is 0 Å². The van der Waals surface area contributed by atoms with Crippen LogP contribution in [-0.2, 0) is 6.54 Å². The van der Waals surface area contributed by atoms with Crippen molar-refractivity contribution >= 4 is 32.6 Å². The standard InChI is InChI=1S/C17H23N5S/c1-19-9-11-2-4-12(5-3-11)22-15(8-18)21-14-10-20-13-6-7-23-17(13)16(14)22/h6-7,10-12,19H,2-5,8-9,18H2,1H3. The van der Waals surface area contributed by atoms with Gasteiger partial charge in [0.15, 0.2) is 0 Å². The van der Waals surface area contributed by atoms with Crippen LogP contribution in [0, 0.1) is 5.92 Å². The van der Waals surface area contributed by atoms with Gasteiger partial charge in [-0.1, -0.05) is 0 Å². The van der Waals surface area contributed by atoms with Gasteiger partial charge in [-0.2, -0.15) is 0 Å². The van der Waals surface area contributed by atoms with Crippen molar-refractivity contribution in [3.63, 3.8) is 0 Å². The Labute approximate surface area is 139 Å². The average Bonchev–Trinajstić information content (AvgIpc) is 3.19. The molecule has 3 N–H and O–H groups in total. The molecule has 4 rings (SSSR count). The van der Waals surface area contributed by atoms with Crippen LogP contribution >= 0.6 is 11.3 Å². The third kappa shape index (κ3) is 2.55. The number of nitrogens with one attached hydrogen (secondary N) is 1. The van der Waals surface area contributed by atoms with Crippen LogP contribution in [0.3, 0.4) is 0 Å². The molecular formula is C17H23N5S. The fourth-order valence-corrected chi connectivity index (χ4v) is 4.85. The summed E-state index contributed by atoms with van der Waals surface area (Å²) in [4.78, 5) is 9.29. The molecule has 0 aliphatic heterocycles. The molecule has 122 valence electrons. The molecule has 0 atom stereocenters. The Bertz CT molecular complexity index is 813. The van der Waals surface area contributed by atoms with Gasteiger partial charge in [0.1, 0.15) is 11.3 Å². The number of thiophene rings is 1. The average molecular weight is 329 g/mol. The first kappa shape index (κ1) is 15.1. The molecule has 3 heterocycles. The number of pyridine rings is 1. The first-order valence-electron chi connectivity index (χ1n) is 8.39. The molecule has 0 radical (unpaired) electrons. The second-order valence-electron chi connectivity index (χ2n) is 6.46. The number of nitrogens with zero attached hydrogens (tertiary/aromatic N) is 3. The third-order valence-electron chi connectivity index (χ3n) is 5.05. The monoisotopic (exact) mass is 329 g/mol. The second kappa shape index (κ2) is 6.19. The highest BCUT2D eigenvalue weighted by atomic mass is 32.1. The highest BCUT2D eigenvalue weighted by molar-refractivity contribution is 7.18. The van der Waals surface area contributed by atoms with Crippen molar-refractivity contribution in [2.24, 2.45) is 11.7 Å². The lowest BCUT2D eigenvalue weighted by Gasteiger charge is -2.30. The molecule has 1 fully saturated rings. The van der Waals surface area contributed by atoms with Crippen LogP contribution in [0.4, 0.5) is 0 Å². The van der Waals surface area contributed by atoms with E-state index in [0.29, 0.717) is 12.6 Å². The van der Waals surface area contributed by atoms with Crippen molar-refractivity contribution in [3.8, 4) is 0 Å². The van der Waals surface area contributed by atoms with E-state index >= 15 is 0 Å². The molecule has 5 nitrogen and oxygen atoms in total. The van der Waals surface area contributed by atoms with E-state index in [0.717, 1.165) is 29.3 Å². The number of nitrogens with two attached hydrogens (primary N) is 1. The van der Waals surface area contributed by atoms with E-state index in [1.165, 1.54) is 35.9 Å². The van der Waals surface area contributed by atoms with Gasteiger partial charge >= 0.3 is 0 Å². The molecule has 3 aromatic heterocycles. The van der Waals surface area contributed by atoms with Crippen LogP contribution in [0.2, 0.25) is 0 Å². The normalized spacial score (nSPS) is 22.2. The third-order valence-corrected chi connectivity index (χ3v) is 5.96. The maximum absolute atomic E-state index is 6.01. The second-order valence-corrected chi connectivity index (χ2v) is 7.38. The SMILES string of the molecule is CNCC1CCC(n2c(CN)nc3cnc4ccsc4c32)CC1. The fraction of sp³-hybridized carbons (Fsp3) is 0.529. The van der Waals surface area contributed by atoms with Crippen molar-refractivity contribution in [1.82, 2.24) is 19.9 Å². The van der Waals surface area contributed by atoms with Crippen molar-refractivity contribution in [1.29, 1.82) is 0 Å². The molecule has 23 heavy (non-hydrogen) atoms. The summed E-state index contributed by atoms with van der Waals surface area (Å²) in [7, 11) is 2.04.